The number of alkyl halides is 3. The van der Waals surface area contributed by atoms with Gasteiger partial charge >= 0.3 is 6.18 Å². The summed E-state index contributed by atoms with van der Waals surface area (Å²) in [7, 11) is 0. The quantitative estimate of drug-likeness (QED) is 0.631. The fourth-order valence-corrected chi connectivity index (χ4v) is 3.38. The average molecular weight is 402 g/mol. The summed E-state index contributed by atoms with van der Waals surface area (Å²) in [5.41, 5.74) is 8.29. The Balaban J connectivity index is 1.48. The van der Waals surface area contributed by atoms with Gasteiger partial charge in [0.05, 0.1) is 5.56 Å². The van der Waals surface area contributed by atoms with Gasteiger partial charge in [-0.1, -0.05) is 55.4 Å². The van der Waals surface area contributed by atoms with Crippen molar-refractivity contribution in [1.82, 2.24) is 21.0 Å². The van der Waals surface area contributed by atoms with Gasteiger partial charge in [0, 0.05) is 11.6 Å². The van der Waals surface area contributed by atoms with Gasteiger partial charge in [0.25, 0.3) is 0 Å². The van der Waals surface area contributed by atoms with Crippen LogP contribution in [0.2, 0.25) is 0 Å². The second-order valence-electron chi connectivity index (χ2n) is 7.49. The van der Waals surface area contributed by atoms with Crippen LogP contribution in [0.3, 0.4) is 0 Å². The zero-order chi connectivity index (χ0) is 20.6. The molecule has 8 heteroatoms. The number of halogens is 3. The minimum absolute atomic E-state index is 0.0742. The Kier molecular flexibility index (Phi) is 5.14. The summed E-state index contributed by atoms with van der Waals surface area (Å²) >= 11 is 0. The summed E-state index contributed by atoms with van der Waals surface area (Å²) in [5.74, 6) is 0.947. The molecule has 2 atom stereocenters. The Labute approximate surface area is 166 Å². The molecule has 3 aromatic rings. The highest BCUT2D eigenvalue weighted by atomic mass is 19.4. The lowest BCUT2D eigenvalue weighted by molar-refractivity contribution is -0.137. The highest BCUT2D eigenvalue weighted by Gasteiger charge is 2.32. The molecule has 0 saturated carbocycles. The minimum atomic E-state index is -4.42. The molecule has 2 aromatic carbocycles. The molecule has 0 radical (unpaired) electrons. The number of hydrogen-bond donors (Lipinski definition) is 2. The van der Waals surface area contributed by atoms with Crippen LogP contribution in [0.5, 0.6) is 0 Å². The highest BCUT2D eigenvalue weighted by Crippen LogP contribution is 2.33. The zero-order valence-corrected chi connectivity index (χ0v) is 16.0. The SMILES string of the molecule is CC(C)c1ccc(C2CC(c3nc(-c4cccc(C(F)(F)F)c4)no3)NN2)cc1. The number of hydrazine groups is 1. The molecule has 1 aliphatic rings. The van der Waals surface area contributed by atoms with Crippen LogP contribution in [0.1, 0.15) is 60.9 Å². The van der Waals surface area contributed by atoms with E-state index in [0.717, 1.165) is 17.7 Å². The molecule has 1 fully saturated rings. The molecule has 1 saturated heterocycles. The molecule has 0 spiro atoms. The Bertz CT molecular complexity index is 982. The lowest BCUT2D eigenvalue weighted by Crippen LogP contribution is -2.26. The number of nitrogens with zero attached hydrogens (tertiary/aromatic N) is 2. The van der Waals surface area contributed by atoms with Gasteiger partial charge in [0.1, 0.15) is 6.04 Å². The summed E-state index contributed by atoms with van der Waals surface area (Å²) in [6.07, 6.45) is -3.73. The van der Waals surface area contributed by atoms with E-state index in [1.54, 1.807) is 0 Å². The van der Waals surface area contributed by atoms with Crippen molar-refractivity contribution in [2.75, 3.05) is 0 Å². The predicted molar refractivity (Wildman–Crippen MR) is 102 cm³/mol. The van der Waals surface area contributed by atoms with E-state index in [4.69, 9.17) is 4.52 Å². The molecular weight excluding hydrogens is 381 g/mol. The van der Waals surface area contributed by atoms with E-state index in [0.29, 0.717) is 18.2 Å². The standard InChI is InChI=1S/C21H21F3N4O/c1-12(2)13-6-8-14(9-7-13)17-11-18(27-26-17)20-25-19(28-29-20)15-4-3-5-16(10-15)21(22,23)24/h3-10,12,17-18,26-27H,11H2,1-2H3. The summed E-state index contributed by atoms with van der Waals surface area (Å²) in [6, 6.07) is 13.2. The molecule has 0 amide bonds. The molecule has 4 rings (SSSR count). The largest absolute Gasteiger partial charge is 0.416 e. The van der Waals surface area contributed by atoms with Crippen LogP contribution in [0.15, 0.2) is 53.1 Å². The van der Waals surface area contributed by atoms with E-state index in [1.165, 1.54) is 17.7 Å². The normalized spacial score (nSPS) is 19.8. The van der Waals surface area contributed by atoms with E-state index >= 15 is 0 Å². The molecular formula is C21H21F3N4O. The summed E-state index contributed by atoms with van der Waals surface area (Å²) < 4.78 is 44.1. The van der Waals surface area contributed by atoms with E-state index in [1.807, 2.05) is 0 Å². The minimum Gasteiger partial charge on any atom is -0.337 e. The van der Waals surface area contributed by atoms with Crippen molar-refractivity contribution in [2.24, 2.45) is 0 Å². The molecule has 2 unspecified atom stereocenters. The third kappa shape index (κ3) is 4.18. The molecule has 1 aliphatic heterocycles. The fourth-order valence-electron chi connectivity index (χ4n) is 3.38. The van der Waals surface area contributed by atoms with Gasteiger partial charge in [-0.2, -0.15) is 18.2 Å². The van der Waals surface area contributed by atoms with Crippen molar-refractivity contribution in [3.8, 4) is 11.4 Å². The first-order chi connectivity index (χ1) is 13.8. The molecule has 0 bridgehead atoms. The van der Waals surface area contributed by atoms with Crippen LogP contribution in [0.4, 0.5) is 13.2 Å². The number of hydrogen-bond acceptors (Lipinski definition) is 5. The third-order valence-electron chi connectivity index (χ3n) is 5.10. The van der Waals surface area contributed by atoms with Gasteiger partial charge < -0.3 is 4.52 Å². The first-order valence-corrected chi connectivity index (χ1v) is 9.43. The predicted octanol–water partition coefficient (Wildman–Crippen LogP) is 5.16. The molecule has 1 aromatic heterocycles. The molecule has 152 valence electrons. The first kappa shape index (κ1) is 19.6. The first-order valence-electron chi connectivity index (χ1n) is 9.43. The van der Waals surface area contributed by atoms with Gasteiger partial charge in [0.15, 0.2) is 0 Å². The van der Waals surface area contributed by atoms with Crippen LogP contribution in [0, 0.1) is 0 Å². The second kappa shape index (κ2) is 7.61. The molecule has 2 N–H and O–H groups in total. The third-order valence-corrected chi connectivity index (χ3v) is 5.10. The van der Waals surface area contributed by atoms with Crippen molar-refractivity contribution < 1.29 is 17.7 Å². The lowest BCUT2D eigenvalue weighted by atomic mass is 9.97. The maximum atomic E-state index is 12.9. The Hall–Kier alpha value is -2.71. The molecule has 2 heterocycles. The monoisotopic (exact) mass is 402 g/mol. The summed E-state index contributed by atoms with van der Waals surface area (Å²) in [4.78, 5) is 4.30. The van der Waals surface area contributed by atoms with Crippen molar-refractivity contribution in [2.45, 2.75) is 44.4 Å². The van der Waals surface area contributed by atoms with Gasteiger partial charge in [-0.25, -0.2) is 10.9 Å². The van der Waals surface area contributed by atoms with E-state index in [9.17, 15) is 13.2 Å². The summed E-state index contributed by atoms with van der Waals surface area (Å²) in [6.45, 7) is 4.30. The topological polar surface area (TPSA) is 63.0 Å². The van der Waals surface area contributed by atoms with Crippen LogP contribution in [-0.2, 0) is 6.18 Å². The Morgan fingerprint density at radius 3 is 2.45 bits per heavy atom. The van der Waals surface area contributed by atoms with Crippen molar-refractivity contribution in [3.05, 3.63) is 71.1 Å². The number of rotatable bonds is 4. The Morgan fingerprint density at radius 2 is 1.76 bits per heavy atom. The second-order valence-corrected chi connectivity index (χ2v) is 7.49. The number of nitrogens with one attached hydrogen (secondary N) is 2. The van der Waals surface area contributed by atoms with Crippen LogP contribution < -0.4 is 10.9 Å². The average Bonchev–Trinajstić information content (AvgIpc) is 3.37. The molecule has 0 aliphatic carbocycles. The zero-order valence-electron chi connectivity index (χ0n) is 16.0. The van der Waals surface area contributed by atoms with Gasteiger partial charge in [-0.15, -0.1) is 0 Å². The van der Waals surface area contributed by atoms with Crippen molar-refractivity contribution in [3.63, 3.8) is 0 Å². The van der Waals surface area contributed by atoms with Crippen molar-refractivity contribution >= 4 is 0 Å². The maximum absolute atomic E-state index is 12.9. The molecule has 29 heavy (non-hydrogen) atoms. The number of benzene rings is 2. The number of aromatic nitrogens is 2. The van der Waals surface area contributed by atoms with Crippen LogP contribution in [-0.4, -0.2) is 10.1 Å². The van der Waals surface area contributed by atoms with Crippen molar-refractivity contribution in [1.29, 1.82) is 0 Å². The smallest absolute Gasteiger partial charge is 0.337 e. The lowest BCUT2D eigenvalue weighted by Gasteiger charge is -2.11. The maximum Gasteiger partial charge on any atom is 0.416 e. The highest BCUT2D eigenvalue weighted by molar-refractivity contribution is 5.55. The summed E-state index contributed by atoms with van der Waals surface area (Å²) in [5, 5.41) is 3.86. The molecule has 5 nitrogen and oxygen atoms in total. The van der Waals surface area contributed by atoms with Gasteiger partial charge in [-0.3, -0.25) is 0 Å². The van der Waals surface area contributed by atoms with Gasteiger partial charge in [0.2, 0.25) is 11.7 Å². The van der Waals surface area contributed by atoms with Crippen LogP contribution >= 0.6 is 0 Å². The van der Waals surface area contributed by atoms with Crippen LogP contribution in [0.25, 0.3) is 11.4 Å². The van der Waals surface area contributed by atoms with E-state index in [-0.39, 0.29) is 23.5 Å². The Morgan fingerprint density at radius 1 is 1.03 bits per heavy atom. The van der Waals surface area contributed by atoms with Gasteiger partial charge in [-0.05, 0) is 35.6 Å². The van der Waals surface area contributed by atoms with E-state index in [2.05, 4.69) is 59.1 Å². The van der Waals surface area contributed by atoms with E-state index < -0.39 is 11.7 Å². The fraction of sp³-hybridized carbons (Fsp3) is 0.333.